The van der Waals surface area contributed by atoms with Gasteiger partial charge in [-0.1, -0.05) is 67.9 Å². The zero-order valence-corrected chi connectivity index (χ0v) is 19.6. The summed E-state index contributed by atoms with van der Waals surface area (Å²) in [6.07, 6.45) is 1.18. The Morgan fingerprint density at radius 2 is 1.69 bits per heavy atom. The van der Waals surface area contributed by atoms with Crippen LogP contribution in [0.2, 0.25) is 0 Å². The van der Waals surface area contributed by atoms with Crippen LogP contribution >= 0.6 is 0 Å². The van der Waals surface area contributed by atoms with Crippen molar-refractivity contribution in [2.45, 2.75) is 45.6 Å². The minimum absolute atomic E-state index is 0.331. The number of aryl methyl sites for hydroxylation is 1. The van der Waals surface area contributed by atoms with E-state index in [-0.39, 0.29) is 0 Å². The van der Waals surface area contributed by atoms with E-state index in [0.717, 1.165) is 24.6 Å². The second-order valence-electron chi connectivity index (χ2n) is 9.68. The van der Waals surface area contributed by atoms with E-state index in [2.05, 4.69) is 87.3 Å². The number of hydrogen-bond donors (Lipinski definition) is 0. The maximum atomic E-state index is 5.53. The molecule has 0 bridgehead atoms. The SMILES string of the molecule is Cc1cccc(-c2ccc3c(c2)C(C)[C@@H](C)C3CCN(C)Cc2ccc3c(c2)OCO3)c1. The fourth-order valence-electron chi connectivity index (χ4n) is 5.43. The van der Waals surface area contributed by atoms with E-state index in [0.29, 0.717) is 24.5 Å². The van der Waals surface area contributed by atoms with Gasteiger partial charge in [0, 0.05) is 6.54 Å². The number of nitrogens with zero attached hydrogens (tertiary/aromatic N) is 1. The third-order valence-corrected chi connectivity index (χ3v) is 7.46. The van der Waals surface area contributed by atoms with Crippen LogP contribution in [0.15, 0.2) is 60.7 Å². The predicted octanol–water partition coefficient (Wildman–Crippen LogP) is 6.75. The minimum Gasteiger partial charge on any atom is -0.454 e. The Morgan fingerprint density at radius 3 is 2.53 bits per heavy atom. The molecule has 3 aromatic carbocycles. The first-order valence-corrected chi connectivity index (χ1v) is 11.8. The fraction of sp³-hybridized carbons (Fsp3) is 0.379. The maximum Gasteiger partial charge on any atom is 0.231 e. The summed E-state index contributed by atoms with van der Waals surface area (Å²) in [7, 11) is 2.22. The molecule has 0 saturated carbocycles. The highest BCUT2D eigenvalue weighted by atomic mass is 16.7. The number of rotatable bonds is 6. The second-order valence-corrected chi connectivity index (χ2v) is 9.68. The highest BCUT2D eigenvalue weighted by Gasteiger charge is 2.35. The van der Waals surface area contributed by atoms with Gasteiger partial charge in [-0.25, -0.2) is 0 Å². The monoisotopic (exact) mass is 427 g/mol. The second kappa shape index (κ2) is 8.63. The van der Waals surface area contributed by atoms with Crippen molar-refractivity contribution in [1.29, 1.82) is 0 Å². The average Bonchev–Trinajstić information content (AvgIpc) is 3.35. The predicted molar refractivity (Wildman–Crippen MR) is 130 cm³/mol. The van der Waals surface area contributed by atoms with Crippen LogP contribution in [0.25, 0.3) is 11.1 Å². The van der Waals surface area contributed by atoms with Gasteiger partial charge < -0.3 is 14.4 Å². The number of fused-ring (bicyclic) bond motifs is 2. The zero-order valence-electron chi connectivity index (χ0n) is 19.6. The molecule has 0 radical (unpaired) electrons. The molecule has 32 heavy (non-hydrogen) atoms. The van der Waals surface area contributed by atoms with E-state index < -0.39 is 0 Å². The van der Waals surface area contributed by atoms with E-state index in [9.17, 15) is 0 Å². The van der Waals surface area contributed by atoms with Crippen LogP contribution in [0.3, 0.4) is 0 Å². The lowest BCUT2D eigenvalue weighted by Gasteiger charge is -2.23. The van der Waals surface area contributed by atoms with Gasteiger partial charge in [-0.15, -0.1) is 0 Å². The lowest BCUT2D eigenvalue weighted by Crippen LogP contribution is -2.22. The van der Waals surface area contributed by atoms with Gasteiger partial charge in [-0.05, 0) is 84.6 Å². The summed E-state index contributed by atoms with van der Waals surface area (Å²) in [4.78, 5) is 2.42. The smallest absolute Gasteiger partial charge is 0.231 e. The average molecular weight is 428 g/mol. The van der Waals surface area contributed by atoms with E-state index >= 15 is 0 Å². The molecular weight excluding hydrogens is 394 g/mol. The first-order chi connectivity index (χ1) is 15.5. The lowest BCUT2D eigenvalue weighted by atomic mass is 9.87. The van der Waals surface area contributed by atoms with Crippen LogP contribution in [0.1, 0.15) is 54.4 Å². The van der Waals surface area contributed by atoms with E-state index in [1.807, 2.05) is 6.07 Å². The maximum absolute atomic E-state index is 5.53. The summed E-state index contributed by atoms with van der Waals surface area (Å²) in [5.41, 5.74) is 8.34. The highest BCUT2D eigenvalue weighted by Crippen LogP contribution is 2.48. The van der Waals surface area contributed by atoms with Crippen molar-refractivity contribution in [3.05, 3.63) is 82.9 Å². The molecule has 1 aliphatic heterocycles. The van der Waals surface area contributed by atoms with Crippen molar-refractivity contribution in [1.82, 2.24) is 4.90 Å². The van der Waals surface area contributed by atoms with Gasteiger partial charge in [0.05, 0.1) is 0 Å². The molecule has 2 unspecified atom stereocenters. The molecule has 0 amide bonds. The van der Waals surface area contributed by atoms with Gasteiger partial charge in [-0.2, -0.15) is 0 Å². The Labute approximate surface area is 192 Å². The fourth-order valence-corrected chi connectivity index (χ4v) is 5.43. The van der Waals surface area contributed by atoms with Gasteiger partial charge in [0.25, 0.3) is 0 Å². The Kier molecular flexibility index (Phi) is 5.69. The van der Waals surface area contributed by atoms with Crippen molar-refractivity contribution >= 4 is 0 Å². The van der Waals surface area contributed by atoms with E-state index in [1.165, 1.54) is 28.7 Å². The molecule has 3 aromatic rings. The first kappa shape index (κ1) is 21.1. The van der Waals surface area contributed by atoms with Crippen molar-refractivity contribution < 1.29 is 9.47 Å². The number of benzene rings is 3. The van der Waals surface area contributed by atoms with E-state index in [1.54, 1.807) is 11.1 Å². The molecule has 0 aromatic heterocycles. The molecule has 166 valence electrons. The minimum atomic E-state index is 0.331. The van der Waals surface area contributed by atoms with Crippen LogP contribution in [0.5, 0.6) is 11.5 Å². The zero-order chi connectivity index (χ0) is 22.2. The lowest BCUT2D eigenvalue weighted by molar-refractivity contribution is 0.174. The third kappa shape index (κ3) is 4.02. The van der Waals surface area contributed by atoms with Gasteiger partial charge >= 0.3 is 0 Å². The Hall–Kier alpha value is -2.78. The molecule has 5 rings (SSSR count). The van der Waals surface area contributed by atoms with Crippen LogP contribution < -0.4 is 9.47 Å². The molecular formula is C29H33NO2. The molecule has 0 N–H and O–H groups in total. The van der Waals surface area contributed by atoms with Crippen LogP contribution in [-0.2, 0) is 6.54 Å². The normalized spacial score (nSPS) is 21.2. The topological polar surface area (TPSA) is 21.7 Å². The van der Waals surface area contributed by atoms with E-state index in [4.69, 9.17) is 9.47 Å². The summed E-state index contributed by atoms with van der Waals surface area (Å²) in [6.45, 7) is 9.33. The van der Waals surface area contributed by atoms with Crippen LogP contribution in [0, 0.1) is 12.8 Å². The molecule has 0 saturated heterocycles. The van der Waals surface area contributed by atoms with Crippen molar-refractivity contribution in [2.75, 3.05) is 20.4 Å². The molecule has 3 heteroatoms. The quantitative estimate of drug-likeness (QED) is 0.434. The summed E-state index contributed by atoms with van der Waals surface area (Å²) in [5.74, 6) is 3.60. The largest absolute Gasteiger partial charge is 0.454 e. The van der Waals surface area contributed by atoms with Crippen molar-refractivity contribution in [3.63, 3.8) is 0 Å². The van der Waals surface area contributed by atoms with Gasteiger partial charge in [0.1, 0.15) is 0 Å². The number of hydrogen-bond acceptors (Lipinski definition) is 3. The Balaban J connectivity index is 1.28. The molecule has 3 nitrogen and oxygen atoms in total. The van der Waals surface area contributed by atoms with Gasteiger partial charge in [-0.3, -0.25) is 0 Å². The first-order valence-electron chi connectivity index (χ1n) is 11.8. The molecule has 2 aliphatic rings. The molecule has 0 spiro atoms. The van der Waals surface area contributed by atoms with Crippen LogP contribution in [0.4, 0.5) is 0 Å². The Morgan fingerprint density at radius 1 is 0.875 bits per heavy atom. The highest BCUT2D eigenvalue weighted by molar-refractivity contribution is 5.66. The molecule has 3 atom stereocenters. The summed E-state index contributed by atoms with van der Waals surface area (Å²) < 4.78 is 11.0. The molecule has 1 heterocycles. The van der Waals surface area contributed by atoms with Crippen molar-refractivity contribution in [3.8, 4) is 22.6 Å². The summed E-state index contributed by atoms with van der Waals surface area (Å²) >= 11 is 0. The van der Waals surface area contributed by atoms with Crippen molar-refractivity contribution in [2.24, 2.45) is 5.92 Å². The summed E-state index contributed by atoms with van der Waals surface area (Å²) in [6, 6.07) is 22.3. The molecule has 0 fully saturated rings. The Bertz CT molecular complexity index is 1120. The standard InChI is InChI=1S/C29H33NO2/c1-19-6-5-7-23(14-19)24-9-10-26-25(20(2)21(3)27(26)16-24)12-13-30(4)17-22-8-11-28-29(15-22)32-18-31-28/h5-11,14-16,20-21,25H,12-13,17-18H2,1-4H3/t20-,21?,25?/m1/s1. The number of ether oxygens (including phenoxy) is 2. The van der Waals surface area contributed by atoms with Crippen LogP contribution in [-0.4, -0.2) is 25.3 Å². The third-order valence-electron chi connectivity index (χ3n) is 7.46. The van der Waals surface area contributed by atoms with Gasteiger partial charge in [0.2, 0.25) is 6.79 Å². The summed E-state index contributed by atoms with van der Waals surface area (Å²) in [5, 5.41) is 0. The van der Waals surface area contributed by atoms with Gasteiger partial charge in [0.15, 0.2) is 11.5 Å². The molecule has 1 aliphatic carbocycles.